The summed E-state index contributed by atoms with van der Waals surface area (Å²) in [6, 6.07) is 33.7. The molecule has 0 amide bonds. The molecule has 2 unspecified atom stereocenters. The lowest BCUT2D eigenvalue weighted by Gasteiger charge is -2.42. The zero-order valence-corrected chi connectivity index (χ0v) is 19.1. The van der Waals surface area contributed by atoms with Crippen molar-refractivity contribution in [2.75, 3.05) is 0 Å². The van der Waals surface area contributed by atoms with Gasteiger partial charge in [0.2, 0.25) is 0 Å². The predicted molar refractivity (Wildman–Crippen MR) is 136 cm³/mol. The maximum atomic E-state index is 15.2. The number of pyridine rings is 1. The Balaban J connectivity index is 1.72. The second-order valence-electron chi connectivity index (χ2n) is 8.88. The third kappa shape index (κ3) is 2.23. The first-order valence-corrected chi connectivity index (χ1v) is 13.0. The van der Waals surface area contributed by atoms with Crippen molar-refractivity contribution in [2.24, 2.45) is 0 Å². The Morgan fingerprint density at radius 2 is 1.32 bits per heavy atom. The van der Waals surface area contributed by atoms with Crippen molar-refractivity contribution in [3.8, 4) is 16.9 Å². The summed E-state index contributed by atoms with van der Waals surface area (Å²) in [6.45, 7) is 0. The standard InChI is InChI=1S/C30H20NO2P/c32-20-14-15-23-22-10-4-5-11-24(22)30(26(23)18-20)25-12-6-7-13-28(25)34(33,21-8-2-1-3-9-21)29-16-17-31-19-27(29)30/h1-19,32H. The molecule has 2 aliphatic rings. The minimum atomic E-state index is -3.16. The van der Waals surface area contributed by atoms with Crippen LogP contribution in [0.25, 0.3) is 11.1 Å². The average molecular weight is 457 g/mol. The maximum absolute atomic E-state index is 15.2. The molecule has 1 aliphatic heterocycles. The molecule has 0 bridgehead atoms. The lowest BCUT2D eigenvalue weighted by atomic mass is 9.68. The van der Waals surface area contributed by atoms with Crippen LogP contribution < -0.4 is 15.9 Å². The normalized spacial score (nSPS) is 21.4. The van der Waals surface area contributed by atoms with E-state index in [0.717, 1.165) is 49.3 Å². The summed E-state index contributed by atoms with van der Waals surface area (Å²) in [4.78, 5) is 4.53. The van der Waals surface area contributed by atoms with Crippen molar-refractivity contribution in [2.45, 2.75) is 5.41 Å². The molecule has 4 aromatic carbocycles. The van der Waals surface area contributed by atoms with E-state index in [2.05, 4.69) is 29.2 Å². The van der Waals surface area contributed by atoms with E-state index in [9.17, 15) is 5.11 Å². The van der Waals surface area contributed by atoms with Gasteiger partial charge in [0.15, 0.2) is 7.14 Å². The van der Waals surface area contributed by atoms with E-state index in [1.54, 1.807) is 12.3 Å². The van der Waals surface area contributed by atoms with Gasteiger partial charge in [0.25, 0.3) is 0 Å². The second-order valence-corrected chi connectivity index (χ2v) is 11.6. The molecular weight excluding hydrogens is 437 g/mol. The Bertz CT molecular complexity index is 1610. The Kier molecular flexibility index (Phi) is 3.90. The number of fused-ring (bicyclic) bond motifs is 9. The highest BCUT2D eigenvalue weighted by molar-refractivity contribution is 7.85. The van der Waals surface area contributed by atoms with Gasteiger partial charge < -0.3 is 9.67 Å². The van der Waals surface area contributed by atoms with Crippen LogP contribution in [0, 0.1) is 0 Å². The molecule has 4 heteroatoms. The first-order chi connectivity index (χ1) is 16.7. The average Bonchev–Trinajstić information content (AvgIpc) is 3.18. The molecule has 0 saturated carbocycles. The van der Waals surface area contributed by atoms with Gasteiger partial charge in [-0.2, -0.15) is 0 Å². The van der Waals surface area contributed by atoms with E-state index >= 15 is 4.57 Å². The molecule has 2 heterocycles. The van der Waals surface area contributed by atoms with Crippen molar-refractivity contribution >= 4 is 23.1 Å². The fraction of sp³-hybridized carbons (Fsp3) is 0.0333. The molecule has 3 nitrogen and oxygen atoms in total. The van der Waals surface area contributed by atoms with Crippen LogP contribution in [0.3, 0.4) is 0 Å². The predicted octanol–water partition coefficient (Wildman–Crippen LogP) is 5.10. The zero-order valence-electron chi connectivity index (χ0n) is 18.2. The van der Waals surface area contributed by atoms with Crippen LogP contribution in [0.4, 0.5) is 0 Å². The largest absolute Gasteiger partial charge is 0.508 e. The van der Waals surface area contributed by atoms with Crippen LogP contribution in [-0.4, -0.2) is 10.1 Å². The van der Waals surface area contributed by atoms with Crippen molar-refractivity contribution in [1.29, 1.82) is 0 Å². The van der Waals surface area contributed by atoms with E-state index in [4.69, 9.17) is 0 Å². The van der Waals surface area contributed by atoms with Gasteiger partial charge in [-0.25, -0.2) is 0 Å². The summed E-state index contributed by atoms with van der Waals surface area (Å²) >= 11 is 0. The molecule has 2 atom stereocenters. The number of aromatic hydroxyl groups is 1. The molecule has 34 heavy (non-hydrogen) atoms. The smallest absolute Gasteiger partial charge is 0.171 e. The van der Waals surface area contributed by atoms with Crippen LogP contribution in [0.5, 0.6) is 5.75 Å². The van der Waals surface area contributed by atoms with Crippen LogP contribution in [0.1, 0.15) is 22.3 Å². The van der Waals surface area contributed by atoms with Gasteiger partial charge in [-0.15, -0.1) is 0 Å². The Morgan fingerprint density at radius 1 is 0.647 bits per heavy atom. The van der Waals surface area contributed by atoms with Gasteiger partial charge in [0.05, 0.1) is 5.41 Å². The van der Waals surface area contributed by atoms with Gasteiger partial charge in [-0.1, -0.05) is 84.9 Å². The third-order valence-corrected chi connectivity index (χ3v) is 10.5. The molecule has 0 saturated heterocycles. The van der Waals surface area contributed by atoms with E-state index in [1.165, 1.54) is 0 Å². The highest BCUT2D eigenvalue weighted by atomic mass is 31.2. The quantitative estimate of drug-likeness (QED) is 0.349. The van der Waals surface area contributed by atoms with E-state index in [0.29, 0.717) is 0 Å². The summed E-state index contributed by atoms with van der Waals surface area (Å²) in [5.74, 6) is 0.214. The van der Waals surface area contributed by atoms with Gasteiger partial charge in [-0.05, 0) is 46.0 Å². The molecule has 7 rings (SSSR count). The maximum Gasteiger partial charge on any atom is 0.171 e. The van der Waals surface area contributed by atoms with Gasteiger partial charge in [-0.3, -0.25) is 4.98 Å². The van der Waals surface area contributed by atoms with Crippen LogP contribution >= 0.6 is 7.14 Å². The van der Waals surface area contributed by atoms with Crippen LogP contribution in [-0.2, 0) is 9.98 Å². The number of hydrogen-bond acceptors (Lipinski definition) is 3. The first-order valence-electron chi connectivity index (χ1n) is 11.3. The van der Waals surface area contributed by atoms with Crippen LogP contribution in [0.15, 0.2) is 116 Å². The highest BCUT2D eigenvalue weighted by Gasteiger charge is 2.55. The van der Waals surface area contributed by atoms with Crippen LogP contribution in [0.2, 0.25) is 0 Å². The summed E-state index contributed by atoms with van der Waals surface area (Å²) in [5, 5.41) is 13.1. The van der Waals surface area contributed by atoms with Gasteiger partial charge in [0.1, 0.15) is 5.75 Å². The minimum Gasteiger partial charge on any atom is -0.508 e. The van der Waals surface area contributed by atoms with E-state index in [-0.39, 0.29) is 5.75 Å². The van der Waals surface area contributed by atoms with E-state index < -0.39 is 12.6 Å². The van der Waals surface area contributed by atoms with Crippen molar-refractivity contribution in [3.05, 3.63) is 138 Å². The van der Waals surface area contributed by atoms with Crippen molar-refractivity contribution < 1.29 is 9.67 Å². The molecule has 5 aromatic rings. The van der Waals surface area contributed by atoms with Crippen molar-refractivity contribution in [3.63, 3.8) is 0 Å². The summed E-state index contributed by atoms with van der Waals surface area (Å²) < 4.78 is 15.2. The molecule has 1 aliphatic carbocycles. The minimum absolute atomic E-state index is 0.214. The summed E-state index contributed by atoms with van der Waals surface area (Å²) in [6.07, 6.45) is 3.61. The molecule has 1 aromatic heterocycles. The fourth-order valence-corrected chi connectivity index (χ4v) is 9.18. The molecule has 162 valence electrons. The summed E-state index contributed by atoms with van der Waals surface area (Å²) in [5.41, 5.74) is 5.50. The zero-order chi connectivity index (χ0) is 22.9. The molecule has 1 N–H and O–H groups in total. The lowest BCUT2D eigenvalue weighted by molar-refractivity contribution is 0.474. The summed E-state index contributed by atoms with van der Waals surface area (Å²) in [7, 11) is -3.16. The third-order valence-electron chi connectivity index (χ3n) is 7.34. The second kappa shape index (κ2) is 6.79. The molecule has 0 radical (unpaired) electrons. The Labute approximate surface area is 197 Å². The number of rotatable bonds is 1. The number of nitrogens with zero attached hydrogens (tertiary/aromatic N) is 1. The fourth-order valence-electron chi connectivity index (χ4n) is 6.05. The van der Waals surface area contributed by atoms with Crippen molar-refractivity contribution in [1.82, 2.24) is 4.98 Å². The molecule has 1 spiro atoms. The highest BCUT2D eigenvalue weighted by Crippen LogP contribution is 2.62. The Hall–Kier alpha value is -3.94. The molecule has 0 fully saturated rings. The number of benzene rings is 4. The van der Waals surface area contributed by atoms with Gasteiger partial charge >= 0.3 is 0 Å². The first kappa shape index (κ1) is 19.5. The van der Waals surface area contributed by atoms with Gasteiger partial charge in [0, 0.05) is 33.9 Å². The number of aromatic nitrogens is 1. The number of phenolic OH excluding ortho intramolecular Hbond substituents is 1. The number of hydrogen-bond donors (Lipinski definition) is 1. The molecular formula is C30H20NO2P. The van der Waals surface area contributed by atoms with E-state index in [1.807, 2.05) is 79.0 Å². The topological polar surface area (TPSA) is 50.2 Å². The Morgan fingerprint density at radius 3 is 2.18 bits per heavy atom. The monoisotopic (exact) mass is 457 g/mol. The lowest BCUT2D eigenvalue weighted by Crippen LogP contribution is -2.46. The number of phenols is 1. The SMILES string of the molecule is O=P1(c2ccccc2)c2ccccc2C2(c3ccccc3-c3ccc(O)cc32)c2cnccc21.